The zero-order valence-electron chi connectivity index (χ0n) is 17.2. The highest BCUT2D eigenvalue weighted by atomic mass is 32.2. The largest absolute Gasteiger partial charge is 0.353 e. The summed E-state index contributed by atoms with van der Waals surface area (Å²) in [5.41, 5.74) is 1.31. The average molecular weight is 441 g/mol. The van der Waals surface area contributed by atoms with Crippen molar-refractivity contribution in [3.8, 4) is 5.69 Å². The minimum atomic E-state index is -0.567. The van der Waals surface area contributed by atoms with Gasteiger partial charge in [0.1, 0.15) is 5.82 Å². The lowest BCUT2D eigenvalue weighted by molar-refractivity contribution is -0.119. The molecule has 0 aliphatic heterocycles. The predicted molar refractivity (Wildman–Crippen MR) is 118 cm³/mol. The summed E-state index contributed by atoms with van der Waals surface area (Å²) in [5, 5.41) is 12.2. The highest BCUT2D eigenvalue weighted by Crippen LogP contribution is 2.24. The fraction of sp³-hybridized carbons (Fsp3) is 0.381. The Bertz CT molecular complexity index is 1160. The van der Waals surface area contributed by atoms with Gasteiger partial charge in [0, 0.05) is 29.9 Å². The van der Waals surface area contributed by atoms with Crippen molar-refractivity contribution in [1.82, 2.24) is 30.0 Å². The lowest BCUT2D eigenvalue weighted by Gasteiger charge is -2.13. The summed E-state index contributed by atoms with van der Waals surface area (Å²) in [7, 11) is 0. The van der Waals surface area contributed by atoms with E-state index in [1.165, 1.54) is 17.8 Å². The van der Waals surface area contributed by atoms with Crippen LogP contribution in [0.15, 0.2) is 45.1 Å². The zero-order chi connectivity index (χ0) is 21.8. The quantitative estimate of drug-likeness (QED) is 0.480. The van der Waals surface area contributed by atoms with Gasteiger partial charge in [0.25, 0.3) is 5.56 Å². The van der Waals surface area contributed by atoms with Crippen molar-refractivity contribution in [1.29, 1.82) is 0 Å². The molecule has 0 saturated heterocycles. The van der Waals surface area contributed by atoms with Gasteiger partial charge >= 0.3 is 5.69 Å². The Kier molecular flexibility index (Phi) is 6.36. The van der Waals surface area contributed by atoms with Gasteiger partial charge in [-0.15, -0.1) is 10.2 Å². The van der Waals surface area contributed by atoms with Crippen LogP contribution in [0.25, 0.3) is 5.69 Å². The number of nitrogens with one attached hydrogen (secondary N) is 3. The number of aromatic amines is 2. The molecule has 2 heterocycles. The molecule has 2 aromatic heterocycles. The van der Waals surface area contributed by atoms with E-state index < -0.39 is 11.2 Å². The predicted octanol–water partition coefficient (Wildman–Crippen LogP) is 1.69. The number of carbonyl (C=O) groups excluding carboxylic acids is 1. The molecule has 0 bridgehead atoms. The van der Waals surface area contributed by atoms with Crippen LogP contribution in [0.2, 0.25) is 0 Å². The highest BCUT2D eigenvalue weighted by Gasteiger charge is 2.20. The SMILES string of the molecule is Cc1cccc(-n2c(Cc3cc(=O)[nH]c(=O)[nH]3)nnc2SCC(=O)NC2CCCC2)c1. The van der Waals surface area contributed by atoms with Gasteiger partial charge in [0.2, 0.25) is 5.91 Å². The molecule has 1 aromatic carbocycles. The maximum absolute atomic E-state index is 12.4. The molecule has 0 spiro atoms. The molecule has 3 aromatic rings. The molecule has 31 heavy (non-hydrogen) atoms. The Morgan fingerprint density at radius 3 is 2.74 bits per heavy atom. The molecular formula is C21H24N6O3S. The molecule has 1 amide bonds. The summed E-state index contributed by atoms with van der Waals surface area (Å²) in [6.07, 6.45) is 4.61. The van der Waals surface area contributed by atoms with E-state index in [0.717, 1.165) is 36.9 Å². The Labute approximate surface area is 182 Å². The van der Waals surface area contributed by atoms with Crippen molar-refractivity contribution in [2.75, 3.05) is 5.75 Å². The monoisotopic (exact) mass is 440 g/mol. The second kappa shape index (κ2) is 9.34. The molecule has 1 aliphatic rings. The fourth-order valence-corrected chi connectivity index (χ4v) is 4.57. The number of hydrogen-bond acceptors (Lipinski definition) is 6. The van der Waals surface area contributed by atoms with Crippen molar-refractivity contribution in [2.24, 2.45) is 0 Å². The molecule has 0 radical (unpaired) electrons. The van der Waals surface area contributed by atoms with Gasteiger partial charge in [0.05, 0.1) is 5.75 Å². The minimum absolute atomic E-state index is 0.0174. The standard InChI is InChI=1S/C21H24N6O3S/c1-13-5-4-8-16(9-13)27-17(10-15-11-18(28)24-20(30)23-15)25-26-21(27)31-12-19(29)22-14-6-2-3-7-14/h4-5,8-9,11,14H,2-3,6-7,10,12H2,1H3,(H,22,29)(H2,23,24,28,30). The van der Waals surface area contributed by atoms with E-state index in [0.29, 0.717) is 16.7 Å². The van der Waals surface area contributed by atoms with Gasteiger partial charge in [-0.1, -0.05) is 36.7 Å². The van der Waals surface area contributed by atoms with Gasteiger partial charge in [-0.2, -0.15) is 0 Å². The third kappa shape index (κ3) is 5.32. The summed E-state index contributed by atoms with van der Waals surface area (Å²) in [4.78, 5) is 40.4. The molecule has 9 nitrogen and oxygen atoms in total. The Morgan fingerprint density at radius 1 is 1.19 bits per heavy atom. The number of aryl methyl sites for hydroxylation is 1. The molecule has 3 N–H and O–H groups in total. The van der Waals surface area contributed by atoms with Gasteiger partial charge in [-0.05, 0) is 37.5 Å². The van der Waals surface area contributed by atoms with Crippen LogP contribution in [-0.2, 0) is 11.2 Å². The first-order valence-electron chi connectivity index (χ1n) is 10.2. The summed E-state index contributed by atoms with van der Waals surface area (Å²) in [6, 6.07) is 9.46. The van der Waals surface area contributed by atoms with Gasteiger partial charge in [0.15, 0.2) is 5.16 Å². The van der Waals surface area contributed by atoms with Gasteiger partial charge in [-0.25, -0.2) is 4.79 Å². The Hall–Kier alpha value is -3.14. The topological polar surface area (TPSA) is 126 Å². The lowest BCUT2D eigenvalue weighted by atomic mass is 10.2. The zero-order valence-corrected chi connectivity index (χ0v) is 18.0. The van der Waals surface area contributed by atoms with E-state index in [9.17, 15) is 14.4 Å². The molecular weight excluding hydrogens is 416 g/mol. The second-order valence-corrected chi connectivity index (χ2v) is 8.64. The lowest BCUT2D eigenvalue weighted by Crippen LogP contribution is -2.33. The van der Waals surface area contributed by atoms with E-state index in [2.05, 4.69) is 25.5 Å². The van der Waals surface area contributed by atoms with Crippen LogP contribution in [-0.4, -0.2) is 42.4 Å². The van der Waals surface area contributed by atoms with Gasteiger partial charge in [-0.3, -0.25) is 19.1 Å². The number of nitrogens with zero attached hydrogens (tertiary/aromatic N) is 3. The first-order valence-corrected chi connectivity index (χ1v) is 11.2. The van der Waals surface area contributed by atoms with Crippen LogP contribution in [0, 0.1) is 6.92 Å². The normalized spacial score (nSPS) is 14.1. The van der Waals surface area contributed by atoms with Crippen LogP contribution < -0.4 is 16.6 Å². The molecule has 4 rings (SSSR count). The van der Waals surface area contributed by atoms with Crippen molar-refractivity contribution in [3.05, 3.63) is 68.3 Å². The second-order valence-electron chi connectivity index (χ2n) is 7.70. The molecule has 162 valence electrons. The van der Waals surface area contributed by atoms with Crippen LogP contribution in [0.1, 0.15) is 42.8 Å². The highest BCUT2D eigenvalue weighted by molar-refractivity contribution is 7.99. The maximum atomic E-state index is 12.4. The van der Waals surface area contributed by atoms with E-state index in [1.54, 1.807) is 0 Å². The van der Waals surface area contributed by atoms with Crippen molar-refractivity contribution in [2.45, 2.75) is 50.2 Å². The van der Waals surface area contributed by atoms with Crippen LogP contribution in [0.4, 0.5) is 0 Å². The van der Waals surface area contributed by atoms with E-state index in [-0.39, 0.29) is 24.1 Å². The fourth-order valence-electron chi connectivity index (χ4n) is 3.79. The number of amides is 1. The summed E-state index contributed by atoms with van der Waals surface area (Å²) in [5.74, 6) is 0.782. The van der Waals surface area contributed by atoms with E-state index in [4.69, 9.17) is 0 Å². The molecule has 1 aliphatic carbocycles. The minimum Gasteiger partial charge on any atom is -0.353 e. The first-order chi connectivity index (χ1) is 15.0. The maximum Gasteiger partial charge on any atom is 0.325 e. The van der Waals surface area contributed by atoms with E-state index in [1.807, 2.05) is 35.8 Å². The molecule has 1 fully saturated rings. The molecule has 0 atom stereocenters. The molecule has 10 heteroatoms. The summed E-state index contributed by atoms with van der Waals surface area (Å²) >= 11 is 1.31. The number of carbonyl (C=O) groups is 1. The summed E-state index contributed by atoms with van der Waals surface area (Å²) in [6.45, 7) is 1.99. The number of aromatic nitrogens is 5. The third-order valence-electron chi connectivity index (χ3n) is 5.18. The molecule has 1 saturated carbocycles. The first kappa shape index (κ1) is 21.1. The number of H-pyrrole nitrogens is 2. The van der Waals surface area contributed by atoms with E-state index >= 15 is 0 Å². The number of rotatable bonds is 7. The van der Waals surface area contributed by atoms with Crippen molar-refractivity contribution in [3.63, 3.8) is 0 Å². The number of hydrogen-bond donors (Lipinski definition) is 3. The summed E-state index contributed by atoms with van der Waals surface area (Å²) < 4.78 is 1.86. The Morgan fingerprint density at radius 2 is 2.00 bits per heavy atom. The third-order valence-corrected chi connectivity index (χ3v) is 6.11. The van der Waals surface area contributed by atoms with Crippen LogP contribution >= 0.6 is 11.8 Å². The molecule has 0 unspecified atom stereocenters. The van der Waals surface area contributed by atoms with Crippen molar-refractivity contribution >= 4 is 17.7 Å². The smallest absolute Gasteiger partial charge is 0.325 e. The number of thioether (sulfide) groups is 1. The van der Waals surface area contributed by atoms with Crippen LogP contribution in [0.5, 0.6) is 0 Å². The number of benzene rings is 1. The Balaban J connectivity index is 1.59. The van der Waals surface area contributed by atoms with Crippen LogP contribution in [0.3, 0.4) is 0 Å². The average Bonchev–Trinajstić information content (AvgIpc) is 3.35. The van der Waals surface area contributed by atoms with Gasteiger partial charge < -0.3 is 10.3 Å². The van der Waals surface area contributed by atoms with Crippen molar-refractivity contribution < 1.29 is 4.79 Å².